The van der Waals surface area contributed by atoms with Gasteiger partial charge in [0.2, 0.25) is 0 Å². The van der Waals surface area contributed by atoms with Crippen LogP contribution >= 0.6 is 11.6 Å². The summed E-state index contributed by atoms with van der Waals surface area (Å²) in [6.45, 7) is 1.30. The molecule has 1 unspecified atom stereocenters. The molecular weight excluding hydrogens is 204 g/mol. The van der Waals surface area contributed by atoms with E-state index >= 15 is 0 Å². The number of pyridine rings is 1. The predicted molar refractivity (Wildman–Crippen MR) is 49.8 cm³/mol. The van der Waals surface area contributed by atoms with E-state index in [4.69, 9.17) is 22.0 Å². The topological polar surface area (TPSA) is 74.0 Å². The number of aromatic nitrogens is 1. The van der Waals surface area contributed by atoms with Gasteiger partial charge in [0.15, 0.2) is 5.41 Å². The molecule has 1 N–H and O–H groups in total. The number of nitriles is 1. The molecule has 0 aliphatic heterocycles. The number of aliphatic carboxylic acids is 1. The molecule has 0 radical (unpaired) electrons. The summed E-state index contributed by atoms with van der Waals surface area (Å²) >= 11 is 5.59. The van der Waals surface area contributed by atoms with E-state index in [1.165, 1.54) is 25.3 Å². The predicted octanol–water partition coefficient (Wildman–Crippen LogP) is 1.60. The van der Waals surface area contributed by atoms with Crippen molar-refractivity contribution in [3.05, 3.63) is 29.0 Å². The first-order valence-corrected chi connectivity index (χ1v) is 4.15. The van der Waals surface area contributed by atoms with Crippen LogP contribution in [0.2, 0.25) is 5.02 Å². The Morgan fingerprint density at radius 1 is 1.71 bits per heavy atom. The maximum absolute atomic E-state index is 10.8. The van der Waals surface area contributed by atoms with Crippen LogP contribution in [-0.4, -0.2) is 16.1 Å². The van der Waals surface area contributed by atoms with Crippen LogP contribution in [0.3, 0.4) is 0 Å². The first-order chi connectivity index (χ1) is 6.50. The number of halogens is 1. The van der Waals surface area contributed by atoms with Crippen LogP contribution in [0.5, 0.6) is 0 Å². The van der Waals surface area contributed by atoms with Crippen LogP contribution in [0.15, 0.2) is 18.3 Å². The fraction of sp³-hybridized carbons (Fsp3) is 0.222. The van der Waals surface area contributed by atoms with Crippen molar-refractivity contribution in [3.8, 4) is 6.07 Å². The summed E-state index contributed by atoms with van der Waals surface area (Å²) in [5, 5.41) is 18.0. The van der Waals surface area contributed by atoms with Crippen LogP contribution in [0.4, 0.5) is 0 Å². The highest BCUT2D eigenvalue weighted by molar-refractivity contribution is 6.30. The van der Waals surface area contributed by atoms with Gasteiger partial charge in [-0.3, -0.25) is 9.78 Å². The minimum absolute atomic E-state index is 0.178. The van der Waals surface area contributed by atoms with Gasteiger partial charge in [0.1, 0.15) is 0 Å². The zero-order chi connectivity index (χ0) is 10.8. The Hall–Kier alpha value is -1.60. The van der Waals surface area contributed by atoms with E-state index < -0.39 is 11.4 Å². The van der Waals surface area contributed by atoms with Crippen molar-refractivity contribution in [1.29, 1.82) is 5.26 Å². The molecule has 0 spiro atoms. The molecule has 1 atom stereocenters. The van der Waals surface area contributed by atoms with Crippen LogP contribution < -0.4 is 0 Å². The molecule has 5 heteroatoms. The molecule has 0 amide bonds. The number of carboxylic acids is 1. The van der Waals surface area contributed by atoms with E-state index in [0.717, 1.165) is 0 Å². The second-order valence-electron chi connectivity index (χ2n) is 2.90. The second kappa shape index (κ2) is 3.64. The minimum Gasteiger partial charge on any atom is -0.480 e. The van der Waals surface area contributed by atoms with Gasteiger partial charge in [-0.1, -0.05) is 11.6 Å². The van der Waals surface area contributed by atoms with E-state index in [1.54, 1.807) is 6.07 Å². The fourth-order valence-electron chi connectivity index (χ4n) is 0.886. The summed E-state index contributed by atoms with van der Waals surface area (Å²) < 4.78 is 0. The molecule has 1 rings (SSSR count). The zero-order valence-corrected chi connectivity index (χ0v) is 8.12. The van der Waals surface area contributed by atoms with Crippen LogP contribution in [0, 0.1) is 11.3 Å². The molecule has 0 aromatic carbocycles. The smallest absolute Gasteiger partial charge is 0.329 e. The molecule has 0 fully saturated rings. The highest BCUT2D eigenvalue weighted by atomic mass is 35.5. The van der Waals surface area contributed by atoms with Crippen molar-refractivity contribution in [3.63, 3.8) is 0 Å². The lowest BCUT2D eigenvalue weighted by molar-refractivity contribution is -0.141. The normalized spacial score (nSPS) is 14.1. The fourth-order valence-corrected chi connectivity index (χ4v) is 0.998. The number of nitrogens with zero attached hydrogens (tertiary/aromatic N) is 2. The molecule has 0 bridgehead atoms. The summed E-state index contributed by atoms with van der Waals surface area (Å²) in [5.74, 6) is -1.23. The lowest BCUT2D eigenvalue weighted by atomic mass is 9.88. The zero-order valence-electron chi connectivity index (χ0n) is 7.36. The second-order valence-corrected chi connectivity index (χ2v) is 3.34. The van der Waals surface area contributed by atoms with Crippen LogP contribution in [-0.2, 0) is 10.2 Å². The van der Waals surface area contributed by atoms with E-state index in [2.05, 4.69) is 4.98 Å². The van der Waals surface area contributed by atoms with Gasteiger partial charge >= 0.3 is 5.97 Å². The summed E-state index contributed by atoms with van der Waals surface area (Å²) in [6, 6.07) is 4.64. The maximum atomic E-state index is 10.8. The monoisotopic (exact) mass is 210 g/mol. The number of carboxylic acid groups (broad SMARTS) is 1. The van der Waals surface area contributed by atoms with Gasteiger partial charge in [0, 0.05) is 6.20 Å². The van der Waals surface area contributed by atoms with Gasteiger partial charge < -0.3 is 5.11 Å². The largest absolute Gasteiger partial charge is 0.480 e. The van der Waals surface area contributed by atoms with Gasteiger partial charge in [0.05, 0.1) is 16.8 Å². The van der Waals surface area contributed by atoms with E-state index in [1.807, 2.05) is 0 Å². The van der Waals surface area contributed by atoms with Gasteiger partial charge in [0.25, 0.3) is 0 Å². The third-order valence-corrected chi connectivity index (χ3v) is 2.11. The summed E-state index contributed by atoms with van der Waals surface area (Å²) in [7, 11) is 0. The van der Waals surface area contributed by atoms with Crippen molar-refractivity contribution in [2.75, 3.05) is 0 Å². The number of hydrogen-bond donors (Lipinski definition) is 1. The Labute approximate surface area is 85.8 Å². The van der Waals surface area contributed by atoms with Crippen molar-refractivity contribution in [1.82, 2.24) is 4.98 Å². The van der Waals surface area contributed by atoms with Gasteiger partial charge in [-0.15, -0.1) is 0 Å². The average molecular weight is 211 g/mol. The number of hydrogen-bond acceptors (Lipinski definition) is 3. The third kappa shape index (κ3) is 1.68. The van der Waals surface area contributed by atoms with Crippen molar-refractivity contribution in [2.24, 2.45) is 0 Å². The molecule has 1 aromatic heterocycles. The molecule has 1 heterocycles. The van der Waals surface area contributed by atoms with Crippen molar-refractivity contribution < 1.29 is 9.90 Å². The standard InChI is InChI=1S/C9H7ClN2O2/c1-9(5-11,8(13)14)7-3-2-6(10)4-12-7/h2-4H,1H3,(H,13,14). The molecule has 4 nitrogen and oxygen atoms in total. The number of carbonyl (C=O) groups is 1. The highest BCUT2D eigenvalue weighted by Crippen LogP contribution is 2.22. The molecular formula is C9H7ClN2O2. The Morgan fingerprint density at radius 2 is 2.36 bits per heavy atom. The van der Waals surface area contributed by atoms with Crippen LogP contribution in [0.1, 0.15) is 12.6 Å². The van der Waals surface area contributed by atoms with E-state index in [0.29, 0.717) is 5.02 Å². The molecule has 1 aromatic rings. The summed E-state index contributed by atoms with van der Waals surface area (Å²) in [6.07, 6.45) is 1.31. The average Bonchev–Trinajstić information content (AvgIpc) is 2.17. The molecule has 0 aliphatic carbocycles. The first-order valence-electron chi connectivity index (χ1n) is 3.77. The molecule has 14 heavy (non-hydrogen) atoms. The van der Waals surface area contributed by atoms with Crippen LogP contribution in [0.25, 0.3) is 0 Å². The first kappa shape index (κ1) is 10.5. The van der Waals surface area contributed by atoms with E-state index in [9.17, 15) is 4.79 Å². The van der Waals surface area contributed by atoms with Crippen molar-refractivity contribution >= 4 is 17.6 Å². The van der Waals surface area contributed by atoms with E-state index in [-0.39, 0.29) is 5.69 Å². The molecule has 0 saturated heterocycles. The minimum atomic E-state index is -1.62. The quantitative estimate of drug-likeness (QED) is 0.805. The molecule has 0 saturated carbocycles. The lowest BCUT2D eigenvalue weighted by Gasteiger charge is -2.14. The molecule has 72 valence electrons. The summed E-state index contributed by atoms with van der Waals surface area (Å²) in [5.41, 5.74) is -1.44. The molecule has 0 aliphatic rings. The van der Waals surface area contributed by atoms with Gasteiger partial charge in [-0.25, -0.2) is 0 Å². The van der Waals surface area contributed by atoms with Crippen molar-refractivity contribution in [2.45, 2.75) is 12.3 Å². The lowest BCUT2D eigenvalue weighted by Crippen LogP contribution is -2.31. The van der Waals surface area contributed by atoms with Gasteiger partial charge in [-0.2, -0.15) is 5.26 Å². The Morgan fingerprint density at radius 3 is 2.71 bits per heavy atom. The number of rotatable bonds is 2. The van der Waals surface area contributed by atoms with Gasteiger partial charge in [-0.05, 0) is 19.1 Å². The Balaban J connectivity index is 3.22. The SMILES string of the molecule is CC(C#N)(C(=O)O)c1ccc(Cl)cn1. The third-order valence-electron chi connectivity index (χ3n) is 1.89. The maximum Gasteiger partial charge on any atom is 0.329 e. The summed E-state index contributed by atoms with van der Waals surface area (Å²) in [4.78, 5) is 14.6. The Kier molecular flexibility index (Phi) is 2.73. The highest BCUT2D eigenvalue weighted by Gasteiger charge is 2.36. The Bertz CT molecular complexity index is 396.